The molecule has 0 N–H and O–H groups in total. The van der Waals surface area contributed by atoms with Crippen molar-refractivity contribution in [2.45, 2.75) is 45.2 Å². The van der Waals surface area contributed by atoms with Crippen LogP contribution < -0.4 is 0 Å². The van der Waals surface area contributed by atoms with Crippen LogP contribution in [0.1, 0.15) is 43.6 Å². The zero-order chi connectivity index (χ0) is 10.8. The van der Waals surface area contributed by atoms with Crippen LogP contribution in [0.2, 0.25) is 0 Å². The minimum absolute atomic E-state index is 0.0732. The van der Waals surface area contributed by atoms with Crippen molar-refractivity contribution in [3.63, 3.8) is 0 Å². The van der Waals surface area contributed by atoms with Crippen molar-refractivity contribution in [1.82, 2.24) is 15.2 Å². The first-order valence-corrected chi connectivity index (χ1v) is 5.30. The van der Waals surface area contributed by atoms with E-state index in [1.807, 2.05) is 4.90 Å². The number of nitrogens with zero attached hydrogens (tertiary/aromatic N) is 3. The van der Waals surface area contributed by atoms with E-state index in [1.54, 1.807) is 0 Å². The summed E-state index contributed by atoms with van der Waals surface area (Å²) in [6.07, 6.45) is 4.67. The maximum absolute atomic E-state index is 12.0. The first kappa shape index (κ1) is 10.1. The summed E-state index contributed by atoms with van der Waals surface area (Å²) >= 11 is 0. The summed E-state index contributed by atoms with van der Waals surface area (Å²) < 4.78 is 4.45. The quantitative estimate of drug-likeness (QED) is 0.702. The number of hydrogen-bond donors (Lipinski definition) is 0. The molecule has 82 valence electrons. The maximum atomic E-state index is 12.0. The molecule has 1 aromatic rings. The lowest BCUT2D eigenvalue weighted by Gasteiger charge is -2.38. The molecule has 2 unspecified atom stereocenters. The highest BCUT2D eigenvalue weighted by Crippen LogP contribution is 2.23. The third-order valence-corrected chi connectivity index (χ3v) is 3.01. The van der Waals surface area contributed by atoms with Gasteiger partial charge < -0.3 is 4.90 Å². The Balaban J connectivity index is 2.17. The van der Waals surface area contributed by atoms with Gasteiger partial charge in [0.15, 0.2) is 5.69 Å². The summed E-state index contributed by atoms with van der Waals surface area (Å²) in [6.45, 7) is 4.14. The van der Waals surface area contributed by atoms with Crippen molar-refractivity contribution >= 4 is 5.91 Å². The Morgan fingerprint density at radius 2 is 2.13 bits per heavy atom. The highest BCUT2D eigenvalue weighted by molar-refractivity contribution is 5.92. The van der Waals surface area contributed by atoms with Crippen LogP contribution >= 0.6 is 0 Å². The number of carbonyl (C=O) groups excluding carboxylic acids is 1. The summed E-state index contributed by atoms with van der Waals surface area (Å²) in [5.41, 5.74) is 0.301. The summed E-state index contributed by atoms with van der Waals surface area (Å²) in [5, 5.41) is 7.04. The molecular formula is C10H15N3O2. The molecule has 1 aliphatic heterocycles. The molecule has 1 amide bonds. The number of carbonyl (C=O) groups is 1. The fourth-order valence-electron chi connectivity index (χ4n) is 2.21. The Hall–Kier alpha value is -1.39. The Bertz CT molecular complexity index is 326. The number of piperidine rings is 1. The fraction of sp³-hybridized carbons (Fsp3) is 0.700. The smallest absolute Gasteiger partial charge is 0.278 e. The molecule has 0 saturated carbocycles. The van der Waals surface area contributed by atoms with E-state index in [9.17, 15) is 4.79 Å². The van der Waals surface area contributed by atoms with Crippen LogP contribution in [0.5, 0.6) is 0 Å². The van der Waals surface area contributed by atoms with Gasteiger partial charge in [0.2, 0.25) is 0 Å². The molecule has 1 fully saturated rings. The normalized spacial score (nSPS) is 26.7. The second-order valence-electron chi connectivity index (χ2n) is 4.13. The molecule has 0 bridgehead atoms. The van der Waals surface area contributed by atoms with Gasteiger partial charge in [-0.25, -0.2) is 4.63 Å². The van der Waals surface area contributed by atoms with Gasteiger partial charge in [-0.2, -0.15) is 0 Å². The molecule has 1 aliphatic rings. The van der Waals surface area contributed by atoms with Gasteiger partial charge in [-0.1, -0.05) is 5.16 Å². The highest BCUT2D eigenvalue weighted by atomic mass is 16.6. The molecule has 1 saturated heterocycles. The van der Waals surface area contributed by atoms with Crippen molar-refractivity contribution in [2.24, 2.45) is 0 Å². The topological polar surface area (TPSA) is 59.2 Å². The van der Waals surface area contributed by atoms with E-state index in [0.717, 1.165) is 12.8 Å². The van der Waals surface area contributed by atoms with Gasteiger partial charge in [-0.3, -0.25) is 4.79 Å². The minimum atomic E-state index is -0.0732. The zero-order valence-corrected chi connectivity index (χ0v) is 9.01. The molecule has 5 nitrogen and oxygen atoms in total. The molecule has 2 rings (SSSR count). The summed E-state index contributed by atoms with van der Waals surface area (Å²) in [6, 6.07) is 0.552. The Morgan fingerprint density at radius 1 is 1.47 bits per heavy atom. The molecule has 5 heteroatoms. The van der Waals surface area contributed by atoms with Crippen molar-refractivity contribution in [3.05, 3.63) is 11.9 Å². The average molecular weight is 209 g/mol. The van der Waals surface area contributed by atoms with Crippen LogP contribution in [-0.2, 0) is 0 Å². The largest absolute Gasteiger partial charge is 0.332 e. The monoisotopic (exact) mass is 209 g/mol. The molecule has 15 heavy (non-hydrogen) atoms. The summed E-state index contributed by atoms with van der Waals surface area (Å²) in [4.78, 5) is 13.9. The zero-order valence-electron chi connectivity index (χ0n) is 9.01. The van der Waals surface area contributed by atoms with Gasteiger partial charge in [0.25, 0.3) is 5.91 Å². The Morgan fingerprint density at radius 3 is 2.67 bits per heavy atom. The van der Waals surface area contributed by atoms with E-state index in [-0.39, 0.29) is 18.0 Å². The van der Waals surface area contributed by atoms with Crippen LogP contribution in [0.25, 0.3) is 0 Å². The van der Waals surface area contributed by atoms with Gasteiger partial charge in [-0.15, -0.1) is 0 Å². The molecule has 1 aromatic heterocycles. The van der Waals surface area contributed by atoms with Crippen molar-refractivity contribution in [1.29, 1.82) is 0 Å². The van der Waals surface area contributed by atoms with Gasteiger partial charge in [0, 0.05) is 12.1 Å². The van der Waals surface area contributed by atoms with Gasteiger partial charge in [-0.05, 0) is 38.3 Å². The fourth-order valence-corrected chi connectivity index (χ4v) is 2.21. The number of aromatic nitrogens is 2. The van der Waals surface area contributed by atoms with Gasteiger partial charge >= 0.3 is 0 Å². The molecule has 2 atom stereocenters. The van der Waals surface area contributed by atoms with Crippen LogP contribution in [0.15, 0.2) is 10.8 Å². The molecule has 0 aromatic carbocycles. The lowest BCUT2D eigenvalue weighted by atomic mass is 9.97. The second kappa shape index (κ2) is 4.00. The van der Waals surface area contributed by atoms with E-state index in [1.165, 1.54) is 12.6 Å². The van der Waals surface area contributed by atoms with Crippen molar-refractivity contribution in [3.8, 4) is 0 Å². The molecule has 2 heterocycles. The maximum Gasteiger partial charge on any atom is 0.278 e. The van der Waals surface area contributed by atoms with Crippen LogP contribution in [0.4, 0.5) is 0 Å². The van der Waals surface area contributed by atoms with Crippen molar-refractivity contribution in [2.75, 3.05) is 0 Å². The lowest BCUT2D eigenvalue weighted by molar-refractivity contribution is 0.0499. The number of amides is 1. The van der Waals surface area contributed by atoms with Crippen molar-refractivity contribution < 1.29 is 9.42 Å². The third-order valence-electron chi connectivity index (χ3n) is 3.01. The summed E-state index contributed by atoms with van der Waals surface area (Å²) in [5.74, 6) is -0.0732. The first-order chi connectivity index (χ1) is 7.20. The predicted octanol–water partition coefficient (Wildman–Crippen LogP) is 1.47. The molecule has 0 aliphatic carbocycles. The Kier molecular flexibility index (Phi) is 2.70. The number of likely N-dealkylation sites (tertiary alicyclic amines) is 1. The van der Waals surface area contributed by atoms with Gasteiger partial charge in [0.1, 0.15) is 6.20 Å². The highest BCUT2D eigenvalue weighted by Gasteiger charge is 2.30. The van der Waals surface area contributed by atoms with E-state index in [2.05, 4.69) is 28.8 Å². The average Bonchev–Trinajstić information content (AvgIpc) is 2.69. The standard InChI is InChI=1S/C10H15N3O2/c1-7-4-3-5-8(2)13(7)10(14)9-6-11-15-12-9/h6-8H,3-5H2,1-2H3. The van der Waals surface area contributed by atoms with Crippen LogP contribution in [-0.4, -0.2) is 33.2 Å². The first-order valence-electron chi connectivity index (χ1n) is 5.30. The Labute approximate surface area is 88.4 Å². The van der Waals surface area contributed by atoms with E-state index in [0.29, 0.717) is 5.69 Å². The van der Waals surface area contributed by atoms with E-state index in [4.69, 9.17) is 0 Å². The van der Waals surface area contributed by atoms with E-state index >= 15 is 0 Å². The SMILES string of the molecule is CC1CCCC(C)N1C(=O)c1cnon1. The molecule has 0 radical (unpaired) electrons. The predicted molar refractivity (Wildman–Crippen MR) is 53.2 cm³/mol. The number of rotatable bonds is 1. The molecule has 0 spiro atoms. The summed E-state index contributed by atoms with van der Waals surface area (Å²) in [7, 11) is 0. The lowest BCUT2D eigenvalue weighted by Crippen LogP contribution is -2.47. The van der Waals surface area contributed by atoms with Gasteiger partial charge in [0.05, 0.1) is 0 Å². The second-order valence-corrected chi connectivity index (χ2v) is 4.13. The third kappa shape index (κ3) is 1.86. The molecular weight excluding hydrogens is 194 g/mol. The van der Waals surface area contributed by atoms with Crippen LogP contribution in [0, 0.1) is 0 Å². The van der Waals surface area contributed by atoms with Crippen LogP contribution in [0.3, 0.4) is 0 Å². The number of hydrogen-bond acceptors (Lipinski definition) is 4. The minimum Gasteiger partial charge on any atom is -0.332 e. The van der Waals surface area contributed by atoms with E-state index < -0.39 is 0 Å².